The van der Waals surface area contributed by atoms with Gasteiger partial charge in [0.1, 0.15) is 6.04 Å². The number of likely N-dealkylation sites (tertiary alicyclic amines) is 1. The van der Waals surface area contributed by atoms with Crippen molar-refractivity contribution in [3.63, 3.8) is 0 Å². The first-order chi connectivity index (χ1) is 15.8. The van der Waals surface area contributed by atoms with Crippen LogP contribution < -0.4 is 10.6 Å². The third-order valence-electron chi connectivity index (χ3n) is 7.75. The Morgan fingerprint density at radius 1 is 1.18 bits per heavy atom. The molecule has 3 fully saturated rings. The summed E-state index contributed by atoms with van der Waals surface area (Å²) in [5.74, 6) is -1.35. The first kappa shape index (κ1) is 26.8. The van der Waals surface area contributed by atoms with Gasteiger partial charge in [0.25, 0.3) is 0 Å². The van der Waals surface area contributed by atoms with E-state index in [1.165, 1.54) is 0 Å². The van der Waals surface area contributed by atoms with Crippen LogP contribution in [0.5, 0.6) is 0 Å². The van der Waals surface area contributed by atoms with E-state index in [9.17, 15) is 19.5 Å². The summed E-state index contributed by atoms with van der Waals surface area (Å²) in [7, 11) is 0. The highest BCUT2D eigenvalue weighted by Gasteiger charge is 2.76. The van der Waals surface area contributed by atoms with E-state index in [0.717, 1.165) is 32.1 Å². The molecule has 0 aliphatic carbocycles. The summed E-state index contributed by atoms with van der Waals surface area (Å²) in [6.45, 7) is 9.12. The minimum absolute atomic E-state index is 0.0375. The Kier molecular flexibility index (Phi) is 9.17. The van der Waals surface area contributed by atoms with E-state index < -0.39 is 28.7 Å². The number of nitrogens with zero attached hydrogens (tertiary/aromatic N) is 1. The van der Waals surface area contributed by atoms with Gasteiger partial charge in [-0.2, -0.15) is 0 Å². The molecule has 3 aliphatic heterocycles. The maximum Gasteiger partial charge on any atom is 0.244 e. The molecule has 0 aromatic carbocycles. The van der Waals surface area contributed by atoms with Crippen molar-refractivity contribution in [2.45, 2.75) is 93.1 Å². The lowest BCUT2D eigenvalue weighted by Crippen LogP contribution is -2.58. The van der Waals surface area contributed by atoms with Gasteiger partial charge in [0.2, 0.25) is 17.7 Å². The highest BCUT2D eigenvalue weighted by atomic mass is 79.9. The molecular formula is C24H40BrN3O4S. The van der Waals surface area contributed by atoms with Crippen molar-refractivity contribution >= 4 is 45.4 Å². The van der Waals surface area contributed by atoms with Crippen LogP contribution in [0.2, 0.25) is 0 Å². The van der Waals surface area contributed by atoms with Crippen LogP contribution in [-0.2, 0) is 14.4 Å². The van der Waals surface area contributed by atoms with E-state index >= 15 is 0 Å². The molecule has 1 spiro atoms. The number of alkyl halides is 1. The quantitative estimate of drug-likeness (QED) is 0.258. The highest BCUT2D eigenvalue weighted by Crippen LogP contribution is 2.68. The van der Waals surface area contributed by atoms with Gasteiger partial charge in [-0.3, -0.25) is 14.4 Å². The summed E-state index contributed by atoms with van der Waals surface area (Å²) < 4.78 is -0.653. The van der Waals surface area contributed by atoms with Crippen LogP contribution in [-0.4, -0.2) is 74.3 Å². The fourth-order valence-electron chi connectivity index (χ4n) is 5.89. The molecule has 3 heterocycles. The molecule has 3 saturated heterocycles. The zero-order chi connectivity index (χ0) is 24.3. The van der Waals surface area contributed by atoms with Crippen LogP contribution in [0.4, 0.5) is 0 Å². The molecule has 3 aliphatic rings. The number of carbonyl (C=O) groups is 3. The number of carbonyl (C=O) groups excluding carboxylic acids is 3. The molecule has 8 atom stereocenters. The van der Waals surface area contributed by atoms with Crippen molar-refractivity contribution in [2.24, 2.45) is 17.8 Å². The Morgan fingerprint density at radius 2 is 1.88 bits per heavy atom. The van der Waals surface area contributed by atoms with Gasteiger partial charge < -0.3 is 20.6 Å². The van der Waals surface area contributed by atoms with Crippen LogP contribution in [0.3, 0.4) is 0 Å². The molecule has 0 aromatic heterocycles. The van der Waals surface area contributed by atoms with Gasteiger partial charge in [-0.05, 0) is 25.2 Å². The van der Waals surface area contributed by atoms with Gasteiger partial charge in [0, 0.05) is 23.2 Å². The zero-order valence-corrected chi connectivity index (χ0v) is 22.7. The van der Waals surface area contributed by atoms with Gasteiger partial charge in [0.15, 0.2) is 0 Å². The summed E-state index contributed by atoms with van der Waals surface area (Å²) in [6.07, 6.45) is 5.27. The third kappa shape index (κ3) is 4.70. The van der Waals surface area contributed by atoms with Crippen LogP contribution in [0.1, 0.15) is 66.2 Å². The minimum Gasteiger partial charge on any atom is -0.394 e. The number of unbranched alkanes of at least 4 members (excludes halogenated alkanes) is 2. The topological polar surface area (TPSA) is 98.7 Å². The molecule has 2 bridgehead atoms. The fourth-order valence-corrected chi connectivity index (χ4v) is 9.49. The van der Waals surface area contributed by atoms with Crippen LogP contribution >= 0.6 is 27.7 Å². The Hall–Kier alpha value is -0.800. The van der Waals surface area contributed by atoms with Crippen LogP contribution in [0.25, 0.3) is 0 Å². The van der Waals surface area contributed by atoms with E-state index in [-0.39, 0.29) is 40.3 Å². The van der Waals surface area contributed by atoms with Gasteiger partial charge in [-0.15, -0.1) is 11.8 Å². The summed E-state index contributed by atoms with van der Waals surface area (Å²) in [5, 5.41) is 16.4. The van der Waals surface area contributed by atoms with Gasteiger partial charge in [-0.1, -0.05) is 62.9 Å². The Balaban J connectivity index is 1.99. The summed E-state index contributed by atoms with van der Waals surface area (Å²) in [4.78, 5) is 42.6. The number of hydrogen-bond donors (Lipinski definition) is 3. The number of aliphatic hydroxyl groups is 1. The number of halogens is 1. The molecule has 0 saturated carbocycles. The normalized spacial score (nSPS) is 34.3. The smallest absolute Gasteiger partial charge is 0.244 e. The van der Waals surface area contributed by atoms with E-state index in [1.807, 2.05) is 20.8 Å². The molecule has 3 rings (SSSR count). The third-order valence-corrected chi connectivity index (χ3v) is 11.0. The second kappa shape index (κ2) is 11.3. The first-order valence-electron chi connectivity index (χ1n) is 12.6. The van der Waals surface area contributed by atoms with Crippen LogP contribution in [0, 0.1) is 17.8 Å². The average Bonchev–Trinajstić information content (AvgIpc) is 3.39. The Labute approximate surface area is 210 Å². The predicted molar refractivity (Wildman–Crippen MR) is 135 cm³/mol. The summed E-state index contributed by atoms with van der Waals surface area (Å²) >= 11 is 5.43. The lowest BCUT2D eigenvalue weighted by molar-refractivity contribution is -0.143. The fraction of sp³-hybridized carbons (Fsp3) is 0.875. The molecule has 7 nitrogen and oxygen atoms in total. The van der Waals surface area contributed by atoms with E-state index in [4.69, 9.17) is 0 Å². The van der Waals surface area contributed by atoms with Gasteiger partial charge in [0.05, 0.1) is 29.2 Å². The lowest BCUT2D eigenvalue weighted by atomic mass is 9.70. The SMILES string of the molecule is CCCCCNC(=O)C1N([C@@H](CO)[C@@H](C)CC)C(=O)[C@@H]2[C@H](C(=O)NCCC)[C@H]3SC12CC3Br. The van der Waals surface area contributed by atoms with Crippen molar-refractivity contribution in [3.8, 4) is 0 Å². The lowest BCUT2D eigenvalue weighted by Gasteiger charge is -2.39. The number of thioether (sulfide) groups is 1. The molecule has 3 N–H and O–H groups in total. The number of hydrogen-bond acceptors (Lipinski definition) is 5. The second-order valence-corrected chi connectivity index (χ2v) is 12.5. The monoisotopic (exact) mass is 545 g/mol. The molecule has 3 amide bonds. The van der Waals surface area contributed by atoms with Crippen molar-refractivity contribution in [1.29, 1.82) is 0 Å². The summed E-state index contributed by atoms with van der Waals surface area (Å²) in [5.41, 5.74) is 0. The number of amides is 3. The molecule has 0 aromatic rings. The maximum absolute atomic E-state index is 14.0. The summed E-state index contributed by atoms with van der Waals surface area (Å²) in [6, 6.07) is -1.12. The molecule has 33 heavy (non-hydrogen) atoms. The first-order valence-corrected chi connectivity index (χ1v) is 14.4. The van der Waals surface area contributed by atoms with Crippen molar-refractivity contribution in [2.75, 3.05) is 19.7 Å². The number of nitrogens with one attached hydrogen (secondary N) is 2. The number of fused-ring (bicyclic) bond motifs is 1. The van der Waals surface area contributed by atoms with Crippen molar-refractivity contribution in [1.82, 2.24) is 15.5 Å². The standard InChI is InChI=1S/C24H40BrN3O4S/c1-5-8-9-11-27-22(31)20-24-12-15(25)19(33-24)17(21(30)26-10-6-2)18(24)23(32)28(20)16(13-29)14(4)7-3/h14-20,29H,5-13H2,1-4H3,(H,26,30)(H,27,31)/t14-,15?,16-,17-,18-,19-,20?,24?/m0/s1. The molecule has 188 valence electrons. The van der Waals surface area contributed by atoms with Gasteiger partial charge in [-0.25, -0.2) is 0 Å². The second-order valence-electron chi connectivity index (χ2n) is 9.83. The minimum atomic E-state index is -0.679. The maximum atomic E-state index is 14.0. The van der Waals surface area contributed by atoms with Gasteiger partial charge >= 0.3 is 0 Å². The van der Waals surface area contributed by atoms with Crippen molar-refractivity contribution < 1.29 is 19.5 Å². The van der Waals surface area contributed by atoms with E-state index in [0.29, 0.717) is 19.5 Å². The molecular weight excluding hydrogens is 506 g/mol. The largest absolute Gasteiger partial charge is 0.394 e. The predicted octanol–water partition coefficient (Wildman–Crippen LogP) is 2.69. The molecule has 3 unspecified atom stereocenters. The van der Waals surface area contributed by atoms with E-state index in [1.54, 1.807) is 16.7 Å². The molecule has 0 radical (unpaired) electrons. The number of aliphatic hydroxyl groups excluding tert-OH is 1. The Bertz CT molecular complexity index is 740. The highest BCUT2D eigenvalue weighted by molar-refractivity contribution is 9.09. The average molecular weight is 547 g/mol. The molecule has 9 heteroatoms. The van der Waals surface area contributed by atoms with Crippen molar-refractivity contribution in [3.05, 3.63) is 0 Å². The van der Waals surface area contributed by atoms with Crippen LogP contribution in [0.15, 0.2) is 0 Å². The number of rotatable bonds is 12. The van der Waals surface area contributed by atoms with E-state index in [2.05, 4.69) is 33.5 Å². The zero-order valence-electron chi connectivity index (χ0n) is 20.3. The Morgan fingerprint density at radius 3 is 2.48 bits per heavy atom.